The van der Waals surface area contributed by atoms with E-state index in [1.807, 2.05) is 48.5 Å². The van der Waals surface area contributed by atoms with Crippen molar-refractivity contribution in [3.8, 4) is 16.9 Å². The third kappa shape index (κ3) is 3.41. The molecule has 24 heavy (non-hydrogen) atoms. The van der Waals surface area contributed by atoms with Crippen molar-refractivity contribution in [2.75, 3.05) is 7.11 Å². The lowest BCUT2D eigenvalue weighted by Gasteiger charge is -2.11. The second-order valence-electron chi connectivity index (χ2n) is 5.23. The van der Waals surface area contributed by atoms with E-state index in [0.717, 1.165) is 22.4 Å². The highest BCUT2D eigenvalue weighted by molar-refractivity contribution is 5.85. The molecule has 1 aromatic heterocycles. The van der Waals surface area contributed by atoms with Crippen LogP contribution in [0.2, 0.25) is 0 Å². The Labute approximate surface area is 139 Å². The first-order chi connectivity index (χ1) is 11.7. The third-order valence-corrected chi connectivity index (χ3v) is 3.67. The maximum atomic E-state index is 11.1. The minimum Gasteiger partial charge on any atom is -0.497 e. The first kappa shape index (κ1) is 15.7. The molecule has 0 unspecified atom stereocenters. The monoisotopic (exact) mass is 320 g/mol. The molecule has 2 aromatic carbocycles. The fourth-order valence-corrected chi connectivity index (χ4v) is 2.52. The molecule has 1 N–H and O–H groups in total. The van der Waals surface area contributed by atoms with Crippen molar-refractivity contribution in [3.63, 3.8) is 0 Å². The van der Waals surface area contributed by atoms with Gasteiger partial charge in [0, 0.05) is 12.6 Å². The molecule has 5 heteroatoms. The fraction of sp³-hybridized carbons (Fsp3) is 0.105. The number of benzene rings is 2. The quantitative estimate of drug-likeness (QED) is 0.779. The summed E-state index contributed by atoms with van der Waals surface area (Å²) < 4.78 is 5.31. The number of hydrogen-bond acceptors (Lipinski definition) is 4. The predicted molar refractivity (Wildman–Crippen MR) is 90.2 cm³/mol. The van der Waals surface area contributed by atoms with E-state index >= 15 is 0 Å². The predicted octanol–water partition coefficient (Wildman–Crippen LogP) is 3.44. The molecule has 0 saturated carbocycles. The molecule has 120 valence electrons. The van der Waals surface area contributed by atoms with E-state index < -0.39 is 5.97 Å². The summed E-state index contributed by atoms with van der Waals surface area (Å²) >= 11 is 0. The number of nitrogens with zero attached hydrogens (tertiary/aromatic N) is 2. The van der Waals surface area contributed by atoms with Gasteiger partial charge < -0.3 is 9.84 Å². The van der Waals surface area contributed by atoms with Crippen LogP contribution in [0.4, 0.5) is 0 Å². The summed E-state index contributed by atoms with van der Waals surface area (Å²) in [6, 6.07) is 17.2. The lowest BCUT2D eigenvalue weighted by Crippen LogP contribution is -2.05. The summed E-state index contributed by atoms with van der Waals surface area (Å²) in [6.07, 6.45) is 1.89. The summed E-state index contributed by atoms with van der Waals surface area (Å²) in [4.78, 5) is 19.4. The van der Waals surface area contributed by atoms with Crippen LogP contribution in [0.1, 0.15) is 21.9 Å². The van der Waals surface area contributed by atoms with E-state index in [1.165, 1.54) is 12.3 Å². The SMILES string of the molecule is COc1ccc(-c2ccccc2)c(Cc2nccc(C(=O)O)n2)c1. The second-order valence-corrected chi connectivity index (χ2v) is 5.23. The van der Waals surface area contributed by atoms with E-state index in [4.69, 9.17) is 9.84 Å². The molecule has 3 aromatic rings. The smallest absolute Gasteiger partial charge is 0.354 e. The van der Waals surface area contributed by atoms with Crippen molar-refractivity contribution in [2.45, 2.75) is 6.42 Å². The number of hydrogen-bond donors (Lipinski definition) is 1. The Balaban J connectivity index is 2.03. The van der Waals surface area contributed by atoms with Gasteiger partial charge in [-0.1, -0.05) is 36.4 Å². The molecule has 0 aliphatic rings. The Morgan fingerprint density at radius 1 is 1.12 bits per heavy atom. The van der Waals surface area contributed by atoms with Crippen molar-refractivity contribution in [1.82, 2.24) is 9.97 Å². The summed E-state index contributed by atoms with van der Waals surface area (Å²) in [7, 11) is 1.61. The Morgan fingerprint density at radius 3 is 2.62 bits per heavy atom. The summed E-state index contributed by atoms with van der Waals surface area (Å²) in [6.45, 7) is 0. The van der Waals surface area contributed by atoms with Gasteiger partial charge in [-0.15, -0.1) is 0 Å². The molecule has 0 atom stereocenters. The summed E-state index contributed by atoms with van der Waals surface area (Å²) in [5.74, 6) is 0.131. The first-order valence-corrected chi connectivity index (χ1v) is 7.45. The molecule has 0 saturated heterocycles. The summed E-state index contributed by atoms with van der Waals surface area (Å²) in [5.41, 5.74) is 3.08. The van der Waals surface area contributed by atoms with Crippen LogP contribution in [-0.4, -0.2) is 28.2 Å². The third-order valence-electron chi connectivity index (χ3n) is 3.67. The summed E-state index contributed by atoms with van der Waals surface area (Å²) in [5, 5.41) is 9.08. The van der Waals surface area contributed by atoms with Crippen molar-refractivity contribution in [2.24, 2.45) is 0 Å². The topological polar surface area (TPSA) is 72.3 Å². The molecule has 0 spiro atoms. The zero-order valence-corrected chi connectivity index (χ0v) is 13.1. The molecule has 5 nitrogen and oxygen atoms in total. The first-order valence-electron chi connectivity index (χ1n) is 7.45. The van der Waals surface area contributed by atoms with Gasteiger partial charge in [0.1, 0.15) is 11.6 Å². The number of carboxylic acid groups (broad SMARTS) is 1. The molecular weight excluding hydrogens is 304 g/mol. The van der Waals surface area contributed by atoms with Crippen LogP contribution in [0.15, 0.2) is 60.8 Å². The number of aromatic nitrogens is 2. The van der Waals surface area contributed by atoms with Gasteiger partial charge in [0.25, 0.3) is 0 Å². The number of carboxylic acids is 1. The minimum absolute atomic E-state index is 0.0100. The Bertz CT molecular complexity index is 863. The maximum Gasteiger partial charge on any atom is 0.354 e. The highest BCUT2D eigenvalue weighted by Crippen LogP contribution is 2.28. The lowest BCUT2D eigenvalue weighted by molar-refractivity contribution is 0.0690. The molecule has 0 radical (unpaired) electrons. The number of aromatic carboxylic acids is 1. The van der Waals surface area contributed by atoms with Gasteiger partial charge in [-0.25, -0.2) is 14.8 Å². The number of rotatable bonds is 5. The van der Waals surface area contributed by atoms with Crippen molar-refractivity contribution < 1.29 is 14.6 Å². The number of ether oxygens (including phenoxy) is 1. The van der Waals surface area contributed by atoms with E-state index in [0.29, 0.717) is 12.2 Å². The van der Waals surface area contributed by atoms with E-state index in [2.05, 4.69) is 9.97 Å². The molecule has 0 aliphatic heterocycles. The van der Waals surface area contributed by atoms with E-state index in [1.54, 1.807) is 7.11 Å². The van der Waals surface area contributed by atoms with Crippen LogP contribution >= 0.6 is 0 Å². The highest BCUT2D eigenvalue weighted by atomic mass is 16.5. The normalized spacial score (nSPS) is 10.4. The maximum absolute atomic E-state index is 11.1. The Morgan fingerprint density at radius 2 is 1.92 bits per heavy atom. The van der Waals surface area contributed by atoms with Gasteiger partial charge in [-0.3, -0.25) is 0 Å². The van der Waals surface area contributed by atoms with Gasteiger partial charge in [0.2, 0.25) is 0 Å². The lowest BCUT2D eigenvalue weighted by atomic mass is 9.97. The van der Waals surface area contributed by atoms with Crippen LogP contribution < -0.4 is 4.74 Å². The van der Waals surface area contributed by atoms with Crippen molar-refractivity contribution >= 4 is 5.97 Å². The minimum atomic E-state index is -1.06. The largest absolute Gasteiger partial charge is 0.497 e. The standard InChI is InChI=1S/C19H16N2O3/c1-24-15-7-8-16(13-5-3-2-4-6-13)14(11-15)12-18-20-10-9-17(21-18)19(22)23/h2-11H,12H2,1H3,(H,22,23). The molecule has 0 bridgehead atoms. The van der Waals surface area contributed by atoms with Crippen molar-refractivity contribution in [3.05, 3.63) is 77.9 Å². The van der Waals surface area contributed by atoms with E-state index in [9.17, 15) is 4.79 Å². The molecule has 1 heterocycles. The molecule has 0 aliphatic carbocycles. The number of carbonyl (C=O) groups is 1. The fourth-order valence-electron chi connectivity index (χ4n) is 2.52. The molecule has 3 rings (SSSR count). The van der Waals surface area contributed by atoms with Crippen LogP contribution in [0.5, 0.6) is 5.75 Å². The second kappa shape index (κ2) is 6.91. The average molecular weight is 320 g/mol. The molecular formula is C19H16N2O3. The van der Waals surface area contributed by atoms with Crippen LogP contribution in [0.25, 0.3) is 11.1 Å². The van der Waals surface area contributed by atoms with Gasteiger partial charge in [0.15, 0.2) is 5.69 Å². The van der Waals surface area contributed by atoms with Gasteiger partial charge >= 0.3 is 5.97 Å². The Hall–Kier alpha value is -3.21. The average Bonchev–Trinajstić information content (AvgIpc) is 2.62. The van der Waals surface area contributed by atoms with Gasteiger partial charge in [0.05, 0.1) is 7.11 Å². The van der Waals surface area contributed by atoms with E-state index in [-0.39, 0.29) is 5.69 Å². The van der Waals surface area contributed by atoms with Gasteiger partial charge in [-0.2, -0.15) is 0 Å². The zero-order valence-electron chi connectivity index (χ0n) is 13.1. The molecule has 0 amide bonds. The zero-order chi connectivity index (χ0) is 16.9. The van der Waals surface area contributed by atoms with Crippen LogP contribution in [0.3, 0.4) is 0 Å². The Kier molecular flexibility index (Phi) is 4.52. The molecule has 0 fully saturated rings. The highest BCUT2D eigenvalue weighted by Gasteiger charge is 2.11. The van der Waals surface area contributed by atoms with Crippen LogP contribution in [0, 0.1) is 0 Å². The van der Waals surface area contributed by atoms with Gasteiger partial charge in [-0.05, 0) is 34.9 Å². The number of methoxy groups -OCH3 is 1. The van der Waals surface area contributed by atoms with Crippen LogP contribution in [-0.2, 0) is 6.42 Å². The van der Waals surface area contributed by atoms with Crippen molar-refractivity contribution in [1.29, 1.82) is 0 Å².